The predicted molar refractivity (Wildman–Crippen MR) is 106 cm³/mol. The third-order valence-corrected chi connectivity index (χ3v) is 4.88. The third kappa shape index (κ3) is 4.80. The lowest BCUT2D eigenvalue weighted by Gasteiger charge is -2.12. The highest BCUT2D eigenvalue weighted by molar-refractivity contribution is 7.13. The molecule has 3 rings (SSSR count). The third-order valence-electron chi connectivity index (χ3n) is 3.91. The number of nitrogens with one attached hydrogen (secondary N) is 1. The Morgan fingerprint density at radius 1 is 1.17 bits per heavy atom. The number of thiazole rings is 1. The Morgan fingerprint density at radius 2 is 1.86 bits per heavy atom. The number of oxime groups is 1. The highest BCUT2D eigenvalue weighted by Crippen LogP contribution is 2.35. The summed E-state index contributed by atoms with van der Waals surface area (Å²) < 4.78 is 39.5. The first kappa shape index (κ1) is 20.5. The van der Waals surface area contributed by atoms with Gasteiger partial charge in [-0.25, -0.2) is 4.98 Å². The van der Waals surface area contributed by atoms with Crippen LogP contribution >= 0.6 is 11.3 Å². The zero-order valence-electron chi connectivity index (χ0n) is 15.4. The molecule has 0 aliphatic carbocycles. The van der Waals surface area contributed by atoms with E-state index in [-0.39, 0.29) is 5.01 Å². The van der Waals surface area contributed by atoms with Crippen LogP contribution in [0.3, 0.4) is 0 Å². The van der Waals surface area contributed by atoms with E-state index in [1.54, 1.807) is 30.5 Å². The molecule has 0 bridgehead atoms. The molecule has 1 N–H and O–H groups in total. The molecule has 1 heterocycles. The SMILES string of the molecule is CO/N=C/c1ccc(-c2ccccc2NC(=O)c2sc(C)nc2C(F)(F)F)cc1. The molecule has 0 atom stereocenters. The van der Waals surface area contributed by atoms with E-state index in [4.69, 9.17) is 0 Å². The highest BCUT2D eigenvalue weighted by Gasteiger charge is 2.39. The number of carbonyl (C=O) groups excluding carboxylic acids is 1. The number of para-hydroxylation sites is 1. The molecule has 0 fully saturated rings. The molecule has 0 aliphatic heterocycles. The van der Waals surface area contributed by atoms with Gasteiger partial charge in [0.1, 0.15) is 12.0 Å². The topological polar surface area (TPSA) is 63.6 Å². The van der Waals surface area contributed by atoms with Gasteiger partial charge in [-0.2, -0.15) is 13.2 Å². The average molecular weight is 419 g/mol. The van der Waals surface area contributed by atoms with Crippen LogP contribution in [0.15, 0.2) is 53.7 Å². The van der Waals surface area contributed by atoms with Gasteiger partial charge in [0.2, 0.25) is 0 Å². The summed E-state index contributed by atoms with van der Waals surface area (Å²) in [5.74, 6) is -0.848. The van der Waals surface area contributed by atoms with Crippen molar-refractivity contribution in [1.29, 1.82) is 0 Å². The van der Waals surface area contributed by atoms with Gasteiger partial charge in [0.05, 0.1) is 11.2 Å². The van der Waals surface area contributed by atoms with Gasteiger partial charge in [-0.15, -0.1) is 11.3 Å². The minimum Gasteiger partial charge on any atom is -0.399 e. The molecule has 5 nitrogen and oxygen atoms in total. The van der Waals surface area contributed by atoms with Gasteiger partial charge in [0.15, 0.2) is 5.69 Å². The fourth-order valence-corrected chi connectivity index (χ4v) is 3.49. The molecule has 1 amide bonds. The van der Waals surface area contributed by atoms with Gasteiger partial charge in [0, 0.05) is 11.3 Å². The number of amides is 1. The Balaban J connectivity index is 1.91. The van der Waals surface area contributed by atoms with Crippen molar-refractivity contribution < 1.29 is 22.8 Å². The fourth-order valence-electron chi connectivity index (χ4n) is 2.66. The second-order valence-corrected chi connectivity index (χ2v) is 7.15. The van der Waals surface area contributed by atoms with E-state index in [0.29, 0.717) is 22.6 Å². The van der Waals surface area contributed by atoms with Crippen molar-refractivity contribution in [2.45, 2.75) is 13.1 Å². The predicted octanol–water partition coefficient (Wildman–Crippen LogP) is 5.37. The van der Waals surface area contributed by atoms with E-state index in [0.717, 1.165) is 11.1 Å². The normalized spacial score (nSPS) is 11.6. The van der Waals surface area contributed by atoms with Crippen molar-refractivity contribution in [1.82, 2.24) is 4.98 Å². The molecule has 0 unspecified atom stereocenters. The molecular weight excluding hydrogens is 403 g/mol. The zero-order chi connectivity index (χ0) is 21.0. The van der Waals surface area contributed by atoms with Crippen LogP contribution in [0.1, 0.15) is 25.9 Å². The number of carbonyl (C=O) groups is 1. The molecule has 29 heavy (non-hydrogen) atoms. The molecule has 0 aliphatic rings. The van der Waals surface area contributed by atoms with Gasteiger partial charge in [-0.1, -0.05) is 47.6 Å². The number of aromatic nitrogens is 1. The number of alkyl halides is 3. The second kappa shape index (κ2) is 8.44. The van der Waals surface area contributed by atoms with Gasteiger partial charge in [0.25, 0.3) is 5.91 Å². The lowest BCUT2D eigenvalue weighted by molar-refractivity contribution is -0.141. The maximum Gasteiger partial charge on any atom is 0.435 e. The van der Waals surface area contributed by atoms with Gasteiger partial charge in [-0.05, 0) is 24.1 Å². The Morgan fingerprint density at radius 3 is 2.52 bits per heavy atom. The first-order chi connectivity index (χ1) is 13.8. The lowest BCUT2D eigenvalue weighted by atomic mass is 10.0. The summed E-state index contributed by atoms with van der Waals surface area (Å²) in [5.41, 5.74) is 1.50. The number of hydrogen-bond donors (Lipinski definition) is 1. The molecule has 0 spiro atoms. The largest absolute Gasteiger partial charge is 0.435 e. The lowest BCUT2D eigenvalue weighted by Crippen LogP contribution is -2.17. The second-order valence-electron chi connectivity index (χ2n) is 5.95. The maximum absolute atomic E-state index is 13.2. The van der Waals surface area contributed by atoms with Crippen LogP contribution in [0, 0.1) is 6.92 Å². The van der Waals surface area contributed by atoms with E-state index in [2.05, 4.69) is 20.3 Å². The highest BCUT2D eigenvalue weighted by atomic mass is 32.1. The summed E-state index contributed by atoms with van der Waals surface area (Å²) in [4.78, 5) is 20.2. The number of aryl methyl sites for hydroxylation is 1. The number of halogens is 3. The van der Waals surface area contributed by atoms with Crippen molar-refractivity contribution >= 4 is 29.1 Å². The molecule has 150 valence electrons. The molecule has 0 radical (unpaired) electrons. The maximum atomic E-state index is 13.2. The summed E-state index contributed by atoms with van der Waals surface area (Å²) in [5, 5.41) is 6.44. The number of hydrogen-bond acceptors (Lipinski definition) is 5. The fraction of sp³-hybridized carbons (Fsp3) is 0.150. The van der Waals surface area contributed by atoms with Gasteiger partial charge >= 0.3 is 6.18 Å². The first-order valence-corrected chi connectivity index (χ1v) is 9.23. The first-order valence-electron chi connectivity index (χ1n) is 8.41. The van der Waals surface area contributed by atoms with Crippen molar-refractivity contribution in [3.05, 3.63) is 69.7 Å². The van der Waals surface area contributed by atoms with Crippen LogP contribution < -0.4 is 5.32 Å². The van der Waals surface area contributed by atoms with E-state index in [1.807, 2.05) is 24.3 Å². The van der Waals surface area contributed by atoms with Crippen LogP contribution in [0.4, 0.5) is 18.9 Å². The van der Waals surface area contributed by atoms with E-state index in [1.165, 1.54) is 14.0 Å². The molecule has 0 saturated carbocycles. The van der Waals surface area contributed by atoms with E-state index < -0.39 is 22.7 Å². The number of nitrogens with zero attached hydrogens (tertiary/aromatic N) is 2. The van der Waals surface area contributed by atoms with Crippen LogP contribution in [-0.2, 0) is 11.0 Å². The van der Waals surface area contributed by atoms with Crippen LogP contribution in [-0.4, -0.2) is 24.2 Å². The molecule has 9 heteroatoms. The standard InChI is InChI=1S/C20H16F3N3O2S/c1-12-25-18(20(21,22)23)17(29-12)19(27)26-16-6-4-3-5-15(16)14-9-7-13(8-10-14)11-24-28-2/h3-11H,1-2H3,(H,26,27)/b24-11+. The summed E-state index contributed by atoms with van der Waals surface area (Å²) in [6.45, 7) is 1.43. The van der Waals surface area contributed by atoms with Gasteiger partial charge in [-0.3, -0.25) is 4.79 Å². The summed E-state index contributed by atoms with van der Waals surface area (Å²) in [6, 6.07) is 14.1. The molecule has 3 aromatic rings. The number of rotatable bonds is 5. The molecule has 1 aromatic heterocycles. The Bertz CT molecular complexity index is 1040. The van der Waals surface area contributed by atoms with E-state index >= 15 is 0 Å². The average Bonchev–Trinajstić information content (AvgIpc) is 3.10. The summed E-state index contributed by atoms with van der Waals surface area (Å²) in [6.07, 6.45) is -3.15. The minimum atomic E-state index is -4.70. The van der Waals surface area contributed by atoms with Crippen molar-refractivity contribution in [3.8, 4) is 11.1 Å². The van der Waals surface area contributed by atoms with Crippen LogP contribution in [0.25, 0.3) is 11.1 Å². The molecular formula is C20H16F3N3O2S. The number of benzene rings is 2. The minimum absolute atomic E-state index is 0.170. The summed E-state index contributed by atoms with van der Waals surface area (Å²) in [7, 11) is 1.44. The van der Waals surface area contributed by atoms with Crippen LogP contribution in [0.2, 0.25) is 0 Å². The quantitative estimate of drug-likeness (QED) is 0.447. The van der Waals surface area contributed by atoms with E-state index in [9.17, 15) is 18.0 Å². The van der Waals surface area contributed by atoms with Crippen molar-refractivity contribution in [2.75, 3.05) is 12.4 Å². The van der Waals surface area contributed by atoms with Crippen molar-refractivity contribution in [2.24, 2.45) is 5.16 Å². The monoisotopic (exact) mass is 419 g/mol. The Labute approximate surface area is 168 Å². The Hall–Kier alpha value is -3.20. The zero-order valence-corrected chi connectivity index (χ0v) is 16.3. The Kier molecular flexibility index (Phi) is 5.97. The van der Waals surface area contributed by atoms with Crippen molar-refractivity contribution in [3.63, 3.8) is 0 Å². The van der Waals surface area contributed by atoms with Gasteiger partial charge < -0.3 is 10.2 Å². The summed E-state index contributed by atoms with van der Waals surface area (Å²) >= 11 is 0.710. The molecule has 2 aromatic carbocycles. The molecule has 0 saturated heterocycles. The van der Waals surface area contributed by atoms with Crippen LogP contribution in [0.5, 0.6) is 0 Å². The smallest absolute Gasteiger partial charge is 0.399 e. The number of anilines is 1.